The summed E-state index contributed by atoms with van der Waals surface area (Å²) in [6.45, 7) is 5.86. The van der Waals surface area contributed by atoms with Crippen LogP contribution in [0.1, 0.15) is 30.4 Å². The molecule has 294 valence electrons. The molecule has 1 aliphatic rings. The van der Waals surface area contributed by atoms with E-state index in [2.05, 4.69) is 157 Å². The molecule has 0 atom stereocenters. The van der Waals surface area contributed by atoms with Gasteiger partial charge in [-0.15, -0.1) is 0 Å². The van der Waals surface area contributed by atoms with Crippen LogP contribution in [0.25, 0.3) is 106 Å². The van der Waals surface area contributed by atoms with Crippen molar-refractivity contribution in [2.24, 2.45) is 0 Å². The Morgan fingerprint density at radius 3 is 1.82 bits per heavy atom. The maximum atomic E-state index is 5.01. The van der Waals surface area contributed by atoms with Gasteiger partial charge in [-0.05, 0) is 111 Å². The van der Waals surface area contributed by atoms with E-state index in [-0.39, 0.29) is 0 Å². The molecule has 4 heteroatoms. The lowest BCUT2D eigenvalue weighted by Gasteiger charge is -2.17. The first kappa shape index (κ1) is 37.1. The van der Waals surface area contributed by atoms with E-state index in [4.69, 9.17) is 15.0 Å². The molecule has 8 aromatic carbocycles. The Bertz CT molecular complexity index is 3440. The summed E-state index contributed by atoms with van der Waals surface area (Å²) < 4.78 is 2.46. The van der Waals surface area contributed by atoms with Crippen molar-refractivity contribution in [1.29, 1.82) is 0 Å². The molecule has 0 aliphatic heterocycles. The summed E-state index contributed by atoms with van der Waals surface area (Å²) in [5.74, 6) is 1.87. The third-order valence-corrected chi connectivity index (χ3v) is 12.3. The lowest BCUT2D eigenvalue weighted by molar-refractivity contribution is 0.967. The highest BCUT2D eigenvalue weighted by Crippen LogP contribution is 2.44. The molecule has 10 aromatic rings. The first-order chi connectivity index (χ1) is 30.7. The standard InChI is InChI=1S/C58H42N4/c1-3-5-18-38(4-2)56-59-57(39-19-7-6-8-20-39)61-58(60-56)40-31-34-42(35-32-40)62-54-30-16-15-27-50(54)52-29-17-28-51(55(52)62)44-22-10-9-21-43(44)41-33-36-49-47-25-12-11-23-45(47)46-24-13-14-26-48(46)53(49)37-41/h3-14,16-26,28-37H,1,15,27H2,2H3/b18-5-,38-4+. The molecule has 0 saturated carbocycles. The lowest BCUT2D eigenvalue weighted by Crippen LogP contribution is -2.03. The Labute approximate surface area is 361 Å². The Morgan fingerprint density at radius 2 is 1.13 bits per heavy atom. The topological polar surface area (TPSA) is 43.6 Å². The Hall–Kier alpha value is -7.95. The van der Waals surface area contributed by atoms with Gasteiger partial charge in [0.05, 0.1) is 5.52 Å². The maximum Gasteiger partial charge on any atom is 0.164 e. The minimum Gasteiger partial charge on any atom is -0.309 e. The van der Waals surface area contributed by atoms with E-state index in [0.29, 0.717) is 17.5 Å². The molecule has 0 N–H and O–H groups in total. The molecular formula is C58H42N4. The molecule has 4 nitrogen and oxygen atoms in total. The van der Waals surface area contributed by atoms with Crippen LogP contribution in [0.15, 0.2) is 201 Å². The third-order valence-electron chi connectivity index (χ3n) is 12.3. The highest BCUT2D eigenvalue weighted by atomic mass is 15.0. The molecular weight excluding hydrogens is 753 g/mol. The second-order valence-electron chi connectivity index (χ2n) is 15.8. The number of aromatic nitrogens is 4. The van der Waals surface area contributed by atoms with Crippen LogP contribution in [0.3, 0.4) is 0 Å². The molecule has 0 saturated heterocycles. The highest BCUT2D eigenvalue weighted by molar-refractivity contribution is 6.26. The Morgan fingerprint density at radius 1 is 0.548 bits per heavy atom. The highest BCUT2D eigenvalue weighted by Gasteiger charge is 2.23. The second kappa shape index (κ2) is 15.6. The van der Waals surface area contributed by atoms with Crippen LogP contribution in [-0.4, -0.2) is 19.5 Å². The number of benzene rings is 8. The lowest BCUT2D eigenvalue weighted by atomic mass is 9.89. The number of hydrogen-bond donors (Lipinski definition) is 0. The van der Waals surface area contributed by atoms with Crippen molar-refractivity contribution in [2.75, 3.05) is 0 Å². The molecule has 2 heterocycles. The van der Waals surface area contributed by atoms with Crippen molar-refractivity contribution in [3.8, 4) is 50.7 Å². The predicted octanol–water partition coefficient (Wildman–Crippen LogP) is 15.0. The van der Waals surface area contributed by atoms with Crippen LogP contribution >= 0.6 is 0 Å². The number of para-hydroxylation sites is 1. The van der Waals surface area contributed by atoms with Gasteiger partial charge in [-0.25, -0.2) is 15.0 Å². The largest absolute Gasteiger partial charge is 0.309 e. The molecule has 0 spiro atoms. The number of hydrogen-bond acceptors (Lipinski definition) is 3. The fourth-order valence-electron chi connectivity index (χ4n) is 9.39. The van der Waals surface area contributed by atoms with Crippen molar-refractivity contribution in [1.82, 2.24) is 19.5 Å². The maximum absolute atomic E-state index is 5.01. The second-order valence-corrected chi connectivity index (χ2v) is 15.8. The van der Waals surface area contributed by atoms with E-state index in [1.165, 1.54) is 76.7 Å². The summed E-state index contributed by atoms with van der Waals surface area (Å²) in [5, 5.41) is 8.96. The molecule has 0 fully saturated rings. The molecule has 2 aromatic heterocycles. The number of rotatable bonds is 8. The summed E-state index contributed by atoms with van der Waals surface area (Å²) in [6.07, 6.45) is 14.3. The van der Waals surface area contributed by atoms with Crippen LogP contribution in [0.2, 0.25) is 0 Å². The van der Waals surface area contributed by atoms with Crippen molar-refractivity contribution < 1.29 is 0 Å². The van der Waals surface area contributed by atoms with Crippen molar-refractivity contribution in [3.05, 3.63) is 218 Å². The zero-order chi connectivity index (χ0) is 41.6. The minimum atomic E-state index is 0.616. The van der Waals surface area contributed by atoms with Gasteiger partial charge in [-0.1, -0.05) is 170 Å². The summed E-state index contributed by atoms with van der Waals surface area (Å²) in [5.41, 5.74) is 12.5. The van der Waals surface area contributed by atoms with Gasteiger partial charge in [-0.2, -0.15) is 0 Å². The molecule has 0 unspecified atom stereocenters. The van der Waals surface area contributed by atoms with Crippen molar-refractivity contribution in [2.45, 2.75) is 19.8 Å². The normalized spacial score (nSPS) is 12.8. The van der Waals surface area contributed by atoms with Gasteiger partial charge >= 0.3 is 0 Å². The monoisotopic (exact) mass is 794 g/mol. The van der Waals surface area contributed by atoms with Crippen LogP contribution in [0.4, 0.5) is 0 Å². The Kier molecular flexibility index (Phi) is 9.32. The zero-order valence-corrected chi connectivity index (χ0v) is 34.5. The van der Waals surface area contributed by atoms with Crippen molar-refractivity contribution in [3.63, 3.8) is 0 Å². The van der Waals surface area contributed by atoms with Crippen LogP contribution in [0, 0.1) is 0 Å². The summed E-state index contributed by atoms with van der Waals surface area (Å²) in [6, 6.07) is 59.1. The van der Waals surface area contributed by atoms with Crippen LogP contribution in [0.5, 0.6) is 0 Å². The summed E-state index contributed by atoms with van der Waals surface area (Å²) in [7, 11) is 0. The average Bonchev–Trinajstić information content (AvgIpc) is 3.69. The smallest absolute Gasteiger partial charge is 0.164 e. The van der Waals surface area contributed by atoms with E-state index in [0.717, 1.165) is 35.2 Å². The van der Waals surface area contributed by atoms with Crippen molar-refractivity contribution >= 4 is 54.9 Å². The average molecular weight is 795 g/mol. The molecule has 62 heavy (non-hydrogen) atoms. The zero-order valence-electron chi connectivity index (χ0n) is 34.5. The van der Waals surface area contributed by atoms with Gasteiger partial charge in [0.2, 0.25) is 0 Å². The summed E-state index contributed by atoms with van der Waals surface area (Å²) >= 11 is 0. The van der Waals surface area contributed by atoms with E-state index in [1.54, 1.807) is 6.08 Å². The van der Waals surface area contributed by atoms with Gasteiger partial charge in [0.25, 0.3) is 0 Å². The van der Waals surface area contributed by atoms with Gasteiger partial charge in [-0.3, -0.25) is 0 Å². The van der Waals surface area contributed by atoms with Gasteiger partial charge < -0.3 is 4.57 Å². The van der Waals surface area contributed by atoms with Gasteiger partial charge in [0.1, 0.15) is 0 Å². The quantitative estimate of drug-likeness (QED) is 0.114. The molecule has 0 radical (unpaired) electrons. The number of nitrogens with zero attached hydrogens (tertiary/aromatic N) is 4. The SMILES string of the molecule is C=C/C=C\C(=C/C)c1nc(-c2ccccc2)nc(-c2ccc(-n3c4c(c5cccc(-c6ccccc6-c6ccc7c8ccccc8c8ccccc8c7c6)c53)CCC=C4)cc2)n1. The number of fused-ring (bicyclic) bond motifs is 9. The van der Waals surface area contributed by atoms with Crippen LogP contribution < -0.4 is 0 Å². The van der Waals surface area contributed by atoms with Crippen LogP contribution in [-0.2, 0) is 6.42 Å². The van der Waals surface area contributed by atoms with Gasteiger partial charge in [0, 0.05) is 39.0 Å². The fraction of sp³-hybridized carbons (Fsp3) is 0.0517. The first-order valence-electron chi connectivity index (χ1n) is 21.3. The number of allylic oxidation sites excluding steroid dienone is 6. The summed E-state index contributed by atoms with van der Waals surface area (Å²) in [4.78, 5) is 14.9. The molecule has 0 bridgehead atoms. The third kappa shape index (κ3) is 6.27. The predicted molar refractivity (Wildman–Crippen MR) is 261 cm³/mol. The molecule has 0 amide bonds. The van der Waals surface area contributed by atoms with E-state index < -0.39 is 0 Å². The van der Waals surface area contributed by atoms with E-state index in [1.807, 2.05) is 55.5 Å². The fourth-order valence-corrected chi connectivity index (χ4v) is 9.39. The van der Waals surface area contributed by atoms with Gasteiger partial charge in [0.15, 0.2) is 17.5 Å². The minimum absolute atomic E-state index is 0.616. The first-order valence-corrected chi connectivity index (χ1v) is 21.3. The molecule has 1 aliphatic carbocycles. The Balaban J connectivity index is 1.07. The van der Waals surface area contributed by atoms with E-state index >= 15 is 0 Å². The molecule has 11 rings (SSSR count). The number of aryl methyl sites for hydroxylation is 1. The van der Waals surface area contributed by atoms with E-state index in [9.17, 15) is 0 Å².